The van der Waals surface area contributed by atoms with Gasteiger partial charge in [0.05, 0.1) is 13.7 Å². The first-order valence-corrected chi connectivity index (χ1v) is 6.77. The standard InChI is InChI=1S/C13H15N5O4/c1-21-10-2-3-11(17-16-10)22-8-4-5-18(7-8)12(19)9-6-14-13(20)15-9/h2-3,6,8H,4-5,7H2,1H3,(H2,14,15,20). The van der Waals surface area contributed by atoms with Gasteiger partial charge in [0.2, 0.25) is 11.8 Å². The zero-order chi connectivity index (χ0) is 15.5. The zero-order valence-electron chi connectivity index (χ0n) is 11.9. The molecule has 1 saturated heterocycles. The third-order valence-corrected chi connectivity index (χ3v) is 3.37. The van der Waals surface area contributed by atoms with Gasteiger partial charge in [-0.3, -0.25) is 4.79 Å². The lowest BCUT2D eigenvalue weighted by atomic mass is 10.3. The second-order valence-electron chi connectivity index (χ2n) is 4.85. The first-order chi connectivity index (χ1) is 10.7. The molecule has 1 fully saturated rings. The van der Waals surface area contributed by atoms with Crippen molar-refractivity contribution >= 4 is 5.91 Å². The lowest BCUT2D eigenvalue weighted by molar-refractivity contribution is 0.0765. The van der Waals surface area contributed by atoms with Gasteiger partial charge in [-0.2, -0.15) is 0 Å². The van der Waals surface area contributed by atoms with E-state index in [1.165, 1.54) is 13.3 Å². The van der Waals surface area contributed by atoms with Gasteiger partial charge in [-0.1, -0.05) is 0 Å². The van der Waals surface area contributed by atoms with Crippen molar-refractivity contribution in [2.24, 2.45) is 0 Å². The predicted octanol–water partition coefficient (Wildman–Crippen LogP) is -0.205. The van der Waals surface area contributed by atoms with Crippen LogP contribution in [0.5, 0.6) is 11.8 Å². The summed E-state index contributed by atoms with van der Waals surface area (Å²) in [6.07, 6.45) is 1.90. The maximum absolute atomic E-state index is 12.2. The summed E-state index contributed by atoms with van der Waals surface area (Å²) in [5, 5.41) is 7.71. The van der Waals surface area contributed by atoms with Gasteiger partial charge in [-0.25, -0.2) is 4.79 Å². The molecule has 1 atom stereocenters. The Morgan fingerprint density at radius 1 is 1.36 bits per heavy atom. The van der Waals surface area contributed by atoms with Crippen LogP contribution in [-0.2, 0) is 0 Å². The van der Waals surface area contributed by atoms with E-state index in [1.54, 1.807) is 17.0 Å². The molecular formula is C13H15N5O4. The summed E-state index contributed by atoms with van der Waals surface area (Å²) >= 11 is 0. The van der Waals surface area contributed by atoms with E-state index in [9.17, 15) is 9.59 Å². The van der Waals surface area contributed by atoms with Gasteiger partial charge in [-0.05, 0) is 0 Å². The van der Waals surface area contributed by atoms with E-state index >= 15 is 0 Å². The normalized spacial score (nSPS) is 17.5. The number of carbonyl (C=O) groups is 1. The Bertz CT molecular complexity index is 708. The number of imidazole rings is 1. The van der Waals surface area contributed by atoms with Crippen LogP contribution in [0.3, 0.4) is 0 Å². The topological polar surface area (TPSA) is 113 Å². The number of amides is 1. The summed E-state index contributed by atoms with van der Waals surface area (Å²) < 4.78 is 10.6. The number of nitrogens with one attached hydrogen (secondary N) is 2. The minimum absolute atomic E-state index is 0.155. The Morgan fingerprint density at radius 3 is 2.77 bits per heavy atom. The summed E-state index contributed by atoms with van der Waals surface area (Å²) in [6, 6.07) is 3.32. The third kappa shape index (κ3) is 2.92. The average Bonchev–Trinajstić information content (AvgIpc) is 3.16. The third-order valence-electron chi connectivity index (χ3n) is 3.37. The lowest BCUT2D eigenvalue weighted by Gasteiger charge is -2.15. The van der Waals surface area contributed by atoms with Crippen LogP contribution in [0.1, 0.15) is 16.9 Å². The van der Waals surface area contributed by atoms with E-state index in [-0.39, 0.29) is 17.7 Å². The van der Waals surface area contributed by atoms with Gasteiger partial charge in [0.25, 0.3) is 5.91 Å². The number of ether oxygens (including phenoxy) is 2. The lowest BCUT2D eigenvalue weighted by Crippen LogP contribution is -2.31. The number of hydrogen-bond donors (Lipinski definition) is 2. The molecule has 1 amide bonds. The first kappa shape index (κ1) is 14.1. The monoisotopic (exact) mass is 305 g/mol. The largest absolute Gasteiger partial charge is 0.480 e. The molecule has 0 spiro atoms. The number of methoxy groups -OCH3 is 1. The SMILES string of the molecule is COc1ccc(OC2CCN(C(=O)c3c[nH]c(=O)[nH]3)C2)nn1. The fourth-order valence-corrected chi connectivity index (χ4v) is 2.28. The highest BCUT2D eigenvalue weighted by Crippen LogP contribution is 2.18. The smallest absolute Gasteiger partial charge is 0.323 e. The summed E-state index contributed by atoms with van der Waals surface area (Å²) in [5.74, 6) is 0.562. The molecule has 1 aliphatic rings. The van der Waals surface area contributed by atoms with Gasteiger partial charge in [0.1, 0.15) is 11.8 Å². The molecule has 0 radical (unpaired) electrons. The molecule has 9 heteroatoms. The molecule has 0 bridgehead atoms. The molecular weight excluding hydrogens is 290 g/mol. The number of rotatable bonds is 4. The average molecular weight is 305 g/mol. The number of hydrogen-bond acceptors (Lipinski definition) is 6. The van der Waals surface area contributed by atoms with Crippen molar-refractivity contribution < 1.29 is 14.3 Å². The van der Waals surface area contributed by atoms with Gasteiger partial charge < -0.3 is 24.3 Å². The van der Waals surface area contributed by atoms with E-state index in [4.69, 9.17) is 9.47 Å². The van der Waals surface area contributed by atoms with E-state index in [2.05, 4.69) is 20.2 Å². The number of nitrogens with zero attached hydrogens (tertiary/aromatic N) is 3. The van der Waals surface area contributed by atoms with E-state index < -0.39 is 5.69 Å². The second kappa shape index (κ2) is 5.88. The van der Waals surface area contributed by atoms with Crippen molar-refractivity contribution in [2.75, 3.05) is 20.2 Å². The van der Waals surface area contributed by atoms with Crippen LogP contribution >= 0.6 is 0 Å². The van der Waals surface area contributed by atoms with Crippen LogP contribution in [0.25, 0.3) is 0 Å². The van der Waals surface area contributed by atoms with Crippen molar-refractivity contribution in [3.8, 4) is 11.8 Å². The van der Waals surface area contributed by atoms with Gasteiger partial charge in [-0.15, -0.1) is 10.2 Å². The highest BCUT2D eigenvalue weighted by atomic mass is 16.5. The summed E-state index contributed by atoms with van der Waals surface area (Å²) in [4.78, 5) is 29.7. The van der Waals surface area contributed by atoms with Crippen LogP contribution in [0.4, 0.5) is 0 Å². The van der Waals surface area contributed by atoms with Crippen molar-refractivity contribution in [2.45, 2.75) is 12.5 Å². The quantitative estimate of drug-likeness (QED) is 0.808. The number of carbonyl (C=O) groups excluding carboxylic acids is 1. The molecule has 2 aromatic heterocycles. The molecule has 3 heterocycles. The zero-order valence-corrected chi connectivity index (χ0v) is 11.9. The Balaban J connectivity index is 1.59. The van der Waals surface area contributed by atoms with Gasteiger partial charge in [0, 0.05) is 31.3 Å². The van der Waals surface area contributed by atoms with E-state index in [0.29, 0.717) is 31.3 Å². The van der Waals surface area contributed by atoms with Gasteiger partial charge in [0.15, 0.2) is 0 Å². The molecule has 2 N–H and O–H groups in total. The minimum atomic E-state index is -0.399. The Morgan fingerprint density at radius 2 is 2.14 bits per heavy atom. The van der Waals surface area contributed by atoms with E-state index in [0.717, 1.165) is 0 Å². The summed E-state index contributed by atoms with van der Waals surface area (Å²) in [6.45, 7) is 0.986. The van der Waals surface area contributed by atoms with Gasteiger partial charge >= 0.3 is 5.69 Å². The van der Waals surface area contributed by atoms with Crippen LogP contribution in [0, 0.1) is 0 Å². The fraction of sp³-hybridized carbons (Fsp3) is 0.385. The van der Waals surface area contributed by atoms with Crippen LogP contribution in [0.15, 0.2) is 23.1 Å². The molecule has 0 aliphatic carbocycles. The molecule has 9 nitrogen and oxygen atoms in total. The maximum atomic E-state index is 12.2. The number of H-pyrrole nitrogens is 2. The highest BCUT2D eigenvalue weighted by molar-refractivity contribution is 5.92. The molecule has 0 saturated carbocycles. The van der Waals surface area contributed by atoms with E-state index in [1.807, 2.05) is 0 Å². The van der Waals surface area contributed by atoms with Crippen LogP contribution < -0.4 is 15.2 Å². The number of aromatic nitrogens is 4. The number of aromatic amines is 2. The maximum Gasteiger partial charge on any atom is 0.323 e. The molecule has 22 heavy (non-hydrogen) atoms. The summed E-state index contributed by atoms with van der Waals surface area (Å²) in [5.41, 5.74) is -0.154. The first-order valence-electron chi connectivity index (χ1n) is 6.77. The van der Waals surface area contributed by atoms with Crippen molar-refractivity contribution in [1.82, 2.24) is 25.1 Å². The van der Waals surface area contributed by atoms with Crippen molar-refractivity contribution in [1.29, 1.82) is 0 Å². The molecule has 2 aromatic rings. The highest BCUT2D eigenvalue weighted by Gasteiger charge is 2.29. The number of likely N-dealkylation sites (tertiary alicyclic amines) is 1. The van der Waals surface area contributed by atoms with Crippen molar-refractivity contribution in [3.63, 3.8) is 0 Å². The minimum Gasteiger partial charge on any atom is -0.480 e. The second-order valence-corrected chi connectivity index (χ2v) is 4.85. The molecule has 116 valence electrons. The fourth-order valence-electron chi connectivity index (χ4n) is 2.28. The van der Waals surface area contributed by atoms with Crippen molar-refractivity contribution in [3.05, 3.63) is 34.5 Å². The Kier molecular flexibility index (Phi) is 3.77. The molecule has 1 aliphatic heterocycles. The molecule has 0 aromatic carbocycles. The molecule has 3 rings (SSSR count). The molecule has 1 unspecified atom stereocenters. The van der Waals surface area contributed by atoms with Crippen LogP contribution in [-0.4, -0.2) is 57.3 Å². The summed E-state index contributed by atoms with van der Waals surface area (Å²) in [7, 11) is 1.51. The Labute approximate surface area is 125 Å². The predicted molar refractivity (Wildman–Crippen MR) is 74.9 cm³/mol. The van der Waals surface area contributed by atoms with Crippen LogP contribution in [0.2, 0.25) is 0 Å². The Hall–Kier alpha value is -2.84.